The molecule has 0 bridgehead atoms. The molecular formula is C15H21N3S. The molecule has 1 aromatic heterocycles. The van der Waals surface area contributed by atoms with Crippen LogP contribution in [0.25, 0.3) is 10.2 Å². The van der Waals surface area contributed by atoms with E-state index >= 15 is 0 Å². The fraction of sp³-hybridized carbons (Fsp3) is 0.533. The van der Waals surface area contributed by atoms with Gasteiger partial charge >= 0.3 is 0 Å². The van der Waals surface area contributed by atoms with Gasteiger partial charge in [-0.05, 0) is 38.9 Å². The Bertz CT molecular complexity index is 514. The summed E-state index contributed by atoms with van der Waals surface area (Å²) >= 11 is 1.80. The molecule has 1 heterocycles. The van der Waals surface area contributed by atoms with Gasteiger partial charge in [0.15, 0.2) is 0 Å². The molecule has 1 aromatic carbocycles. The van der Waals surface area contributed by atoms with Crippen LogP contribution in [0.2, 0.25) is 0 Å². The normalized spacial score (nSPS) is 17.2. The molecule has 102 valence electrons. The van der Waals surface area contributed by atoms with Crippen molar-refractivity contribution in [1.29, 1.82) is 0 Å². The molecule has 19 heavy (non-hydrogen) atoms. The lowest BCUT2D eigenvalue weighted by Gasteiger charge is -2.17. The zero-order chi connectivity index (χ0) is 13.2. The Labute approximate surface area is 118 Å². The maximum atomic E-state index is 4.70. The van der Waals surface area contributed by atoms with Crippen LogP contribution in [0, 0.1) is 0 Å². The summed E-state index contributed by atoms with van der Waals surface area (Å²) in [7, 11) is 2.22. The van der Waals surface area contributed by atoms with Crippen LogP contribution in [-0.2, 0) is 0 Å². The van der Waals surface area contributed by atoms with Crippen molar-refractivity contribution in [2.75, 3.05) is 20.1 Å². The first-order valence-corrected chi connectivity index (χ1v) is 7.85. The van der Waals surface area contributed by atoms with Crippen molar-refractivity contribution < 1.29 is 0 Å². The predicted molar refractivity (Wildman–Crippen MR) is 81.7 cm³/mol. The first-order valence-electron chi connectivity index (χ1n) is 7.03. The minimum absolute atomic E-state index is 0.338. The molecule has 3 nitrogen and oxygen atoms in total. The number of rotatable bonds is 6. The highest BCUT2D eigenvalue weighted by atomic mass is 32.1. The number of para-hydroxylation sites is 1. The number of likely N-dealkylation sites (N-methyl/N-ethyl adjacent to an activating group) is 1. The lowest BCUT2D eigenvalue weighted by atomic mass is 10.3. The number of thiazole rings is 1. The van der Waals surface area contributed by atoms with E-state index < -0.39 is 0 Å². The molecule has 1 aliphatic carbocycles. The van der Waals surface area contributed by atoms with Crippen molar-refractivity contribution >= 4 is 21.6 Å². The summed E-state index contributed by atoms with van der Waals surface area (Å²) < 4.78 is 1.28. The molecule has 1 atom stereocenters. The quantitative estimate of drug-likeness (QED) is 0.878. The second kappa shape index (κ2) is 5.57. The van der Waals surface area contributed by atoms with E-state index in [-0.39, 0.29) is 0 Å². The third kappa shape index (κ3) is 3.14. The molecule has 0 radical (unpaired) electrons. The van der Waals surface area contributed by atoms with Crippen molar-refractivity contribution in [3.05, 3.63) is 29.3 Å². The van der Waals surface area contributed by atoms with Crippen LogP contribution in [0.1, 0.15) is 30.8 Å². The molecule has 0 aliphatic heterocycles. The van der Waals surface area contributed by atoms with E-state index in [2.05, 4.69) is 48.5 Å². The predicted octanol–water partition coefficient (Wildman–Crippen LogP) is 3.04. The number of nitrogens with zero attached hydrogens (tertiary/aromatic N) is 2. The van der Waals surface area contributed by atoms with E-state index in [9.17, 15) is 0 Å². The number of benzene rings is 1. The van der Waals surface area contributed by atoms with Crippen LogP contribution in [0.5, 0.6) is 0 Å². The summed E-state index contributed by atoms with van der Waals surface area (Å²) in [5.41, 5.74) is 1.12. The fourth-order valence-electron chi connectivity index (χ4n) is 2.32. The maximum Gasteiger partial charge on any atom is 0.111 e. The highest BCUT2D eigenvalue weighted by Gasteiger charge is 2.25. The van der Waals surface area contributed by atoms with E-state index in [1.165, 1.54) is 22.5 Å². The molecule has 1 aliphatic rings. The zero-order valence-electron chi connectivity index (χ0n) is 11.6. The highest BCUT2D eigenvalue weighted by Crippen LogP contribution is 2.26. The van der Waals surface area contributed by atoms with E-state index in [1.54, 1.807) is 11.3 Å². The van der Waals surface area contributed by atoms with Gasteiger partial charge in [0.05, 0.1) is 16.3 Å². The van der Waals surface area contributed by atoms with Gasteiger partial charge in [0.2, 0.25) is 0 Å². The van der Waals surface area contributed by atoms with Gasteiger partial charge in [-0.2, -0.15) is 0 Å². The molecule has 2 aromatic rings. The summed E-state index contributed by atoms with van der Waals surface area (Å²) in [6.07, 6.45) is 2.76. The summed E-state index contributed by atoms with van der Waals surface area (Å²) in [4.78, 5) is 7.16. The standard InChI is InChI=1S/C15H21N3S/c1-11(16-9-10-18(2)12-7-8-12)15-17-13-5-3-4-6-14(13)19-15/h3-6,11-12,16H,7-10H2,1-2H3. The second-order valence-electron chi connectivity index (χ2n) is 5.41. The monoisotopic (exact) mass is 275 g/mol. The van der Waals surface area contributed by atoms with Crippen molar-refractivity contribution in [2.45, 2.75) is 31.8 Å². The summed E-state index contributed by atoms with van der Waals surface area (Å²) in [5, 5.41) is 4.77. The van der Waals surface area contributed by atoms with Crippen molar-refractivity contribution in [2.24, 2.45) is 0 Å². The van der Waals surface area contributed by atoms with Crippen molar-refractivity contribution in [3.63, 3.8) is 0 Å². The Morgan fingerprint density at radius 2 is 2.21 bits per heavy atom. The molecular weight excluding hydrogens is 254 g/mol. The van der Waals surface area contributed by atoms with Crippen LogP contribution in [0.3, 0.4) is 0 Å². The van der Waals surface area contributed by atoms with Crippen molar-refractivity contribution in [1.82, 2.24) is 15.2 Å². The SMILES string of the molecule is CC(NCCN(C)C1CC1)c1nc2ccccc2s1. The third-order valence-corrected chi connectivity index (χ3v) is 4.99. The van der Waals surface area contributed by atoms with Crippen LogP contribution in [0.15, 0.2) is 24.3 Å². The largest absolute Gasteiger partial charge is 0.307 e. The molecule has 3 rings (SSSR count). The first-order chi connectivity index (χ1) is 9.24. The molecule has 0 amide bonds. The zero-order valence-corrected chi connectivity index (χ0v) is 12.4. The van der Waals surface area contributed by atoms with Crippen LogP contribution in [-0.4, -0.2) is 36.1 Å². The van der Waals surface area contributed by atoms with Gasteiger partial charge in [0.25, 0.3) is 0 Å². The average molecular weight is 275 g/mol. The number of aromatic nitrogens is 1. The van der Waals surface area contributed by atoms with E-state index in [0.717, 1.165) is 24.6 Å². The lowest BCUT2D eigenvalue weighted by molar-refractivity contribution is 0.316. The van der Waals surface area contributed by atoms with Gasteiger partial charge in [-0.1, -0.05) is 12.1 Å². The average Bonchev–Trinajstić information content (AvgIpc) is 3.17. The van der Waals surface area contributed by atoms with Crippen LogP contribution < -0.4 is 5.32 Å². The Morgan fingerprint density at radius 3 is 2.95 bits per heavy atom. The van der Waals surface area contributed by atoms with E-state index in [4.69, 9.17) is 4.98 Å². The van der Waals surface area contributed by atoms with Gasteiger partial charge in [-0.25, -0.2) is 4.98 Å². The molecule has 0 spiro atoms. The summed E-state index contributed by atoms with van der Waals surface area (Å²) in [5.74, 6) is 0. The smallest absolute Gasteiger partial charge is 0.111 e. The van der Waals surface area contributed by atoms with Gasteiger partial charge in [-0.3, -0.25) is 0 Å². The Hall–Kier alpha value is -0.970. The number of fused-ring (bicyclic) bond motifs is 1. The molecule has 1 fully saturated rings. The molecule has 0 saturated heterocycles. The topological polar surface area (TPSA) is 28.2 Å². The molecule has 1 saturated carbocycles. The van der Waals surface area contributed by atoms with Gasteiger partial charge in [0, 0.05) is 19.1 Å². The van der Waals surface area contributed by atoms with Crippen LogP contribution in [0.4, 0.5) is 0 Å². The summed E-state index contributed by atoms with van der Waals surface area (Å²) in [6.45, 7) is 4.36. The maximum absolute atomic E-state index is 4.70. The number of nitrogens with one attached hydrogen (secondary N) is 1. The number of hydrogen-bond acceptors (Lipinski definition) is 4. The second-order valence-corrected chi connectivity index (χ2v) is 6.47. The third-order valence-electron chi connectivity index (χ3n) is 3.77. The Kier molecular flexibility index (Phi) is 3.82. The van der Waals surface area contributed by atoms with Gasteiger partial charge < -0.3 is 10.2 Å². The molecule has 1 unspecified atom stereocenters. The molecule has 1 N–H and O–H groups in total. The Balaban J connectivity index is 1.55. The minimum atomic E-state index is 0.338. The highest BCUT2D eigenvalue weighted by molar-refractivity contribution is 7.18. The van der Waals surface area contributed by atoms with E-state index in [1.807, 2.05) is 0 Å². The minimum Gasteiger partial charge on any atom is -0.307 e. The Morgan fingerprint density at radius 1 is 1.42 bits per heavy atom. The van der Waals surface area contributed by atoms with Crippen LogP contribution >= 0.6 is 11.3 Å². The van der Waals surface area contributed by atoms with Crippen molar-refractivity contribution in [3.8, 4) is 0 Å². The summed E-state index contributed by atoms with van der Waals surface area (Å²) in [6, 6.07) is 9.54. The van der Waals surface area contributed by atoms with Gasteiger partial charge in [-0.15, -0.1) is 11.3 Å². The number of hydrogen-bond donors (Lipinski definition) is 1. The first kappa shape index (κ1) is 13.0. The van der Waals surface area contributed by atoms with Gasteiger partial charge in [0.1, 0.15) is 5.01 Å². The lowest BCUT2D eigenvalue weighted by Crippen LogP contribution is -2.31. The fourth-order valence-corrected chi connectivity index (χ4v) is 3.31. The molecule has 4 heteroatoms. The van der Waals surface area contributed by atoms with E-state index in [0.29, 0.717) is 6.04 Å².